The quantitative estimate of drug-likeness (QED) is 0.416. The van der Waals surface area contributed by atoms with E-state index in [1.54, 1.807) is 25.1 Å². The van der Waals surface area contributed by atoms with Gasteiger partial charge in [0.15, 0.2) is 17.0 Å². The molecule has 4 rings (SSSR count). The Morgan fingerprint density at radius 2 is 1.91 bits per heavy atom. The summed E-state index contributed by atoms with van der Waals surface area (Å²) >= 11 is 6.27. The molecule has 0 radical (unpaired) electrons. The third kappa shape index (κ3) is 4.23. The van der Waals surface area contributed by atoms with Gasteiger partial charge >= 0.3 is 5.69 Å². The number of nitrogens with zero attached hydrogens (tertiary/aromatic N) is 2. The van der Waals surface area contributed by atoms with Gasteiger partial charge in [0.05, 0.1) is 24.7 Å². The third-order valence-electron chi connectivity index (χ3n) is 5.54. The van der Waals surface area contributed by atoms with Crippen LogP contribution in [0, 0.1) is 6.92 Å². The number of benzene rings is 2. The summed E-state index contributed by atoms with van der Waals surface area (Å²) < 4.78 is 12.1. The van der Waals surface area contributed by atoms with Gasteiger partial charge in [0.25, 0.3) is 11.5 Å². The van der Waals surface area contributed by atoms with Crippen molar-refractivity contribution in [2.75, 3.05) is 24.4 Å². The van der Waals surface area contributed by atoms with Crippen molar-refractivity contribution in [1.29, 1.82) is 0 Å². The molecule has 0 atom stereocenters. The molecular weight excluding hydrogens is 460 g/mol. The molecule has 0 saturated heterocycles. The van der Waals surface area contributed by atoms with Crippen LogP contribution in [0.2, 0.25) is 5.02 Å². The molecule has 0 saturated carbocycles. The second-order valence-electron chi connectivity index (χ2n) is 7.69. The first kappa shape index (κ1) is 23.3. The van der Waals surface area contributed by atoms with E-state index in [0.29, 0.717) is 21.6 Å². The van der Waals surface area contributed by atoms with Crippen LogP contribution in [0.25, 0.3) is 11.0 Å². The fourth-order valence-corrected chi connectivity index (χ4v) is 4.01. The van der Waals surface area contributed by atoms with E-state index in [1.165, 1.54) is 12.0 Å². The molecule has 0 bridgehead atoms. The molecule has 0 fully saturated rings. The molecule has 3 N–H and O–H groups in total. The smallest absolute Gasteiger partial charge is 0.330 e. The monoisotopic (exact) mass is 482 g/mol. The Bertz CT molecular complexity index is 1470. The van der Waals surface area contributed by atoms with Gasteiger partial charge in [0, 0.05) is 18.1 Å². The summed E-state index contributed by atoms with van der Waals surface area (Å²) in [6, 6.07) is 14.3. The molecule has 0 aliphatic heterocycles. The number of nitrogens with two attached hydrogens (primary N) is 1. The molecular formula is C24H23ClN4O5. The fraction of sp³-hybridized carbons (Fsp3) is 0.208. The topological polar surface area (TPSA) is 124 Å². The summed E-state index contributed by atoms with van der Waals surface area (Å²) in [4.78, 5) is 42.6. The van der Waals surface area contributed by atoms with Crippen molar-refractivity contribution in [3.63, 3.8) is 0 Å². The second kappa shape index (κ2) is 9.58. The summed E-state index contributed by atoms with van der Waals surface area (Å²) in [7, 11) is 1.48. The molecule has 0 aliphatic carbocycles. The number of nitrogens with one attached hydrogen (secondary N) is 1. The van der Waals surface area contributed by atoms with Crippen LogP contribution in [0.5, 0.6) is 0 Å². The molecule has 2 aromatic carbocycles. The first-order chi connectivity index (χ1) is 16.3. The summed E-state index contributed by atoms with van der Waals surface area (Å²) in [5.74, 6) is -0.725. The van der Waals surface area contributed by atoms with Gasteiger partial charge in [-0.3, -0.25) is 24.0 Å². The highest BCUT2D eigenvalue weighted by molar-refractivity contribution is 6.35. The lowest BCUT2D eigenvalue weighted by atomic mass is 10.1. The Kier molecular flexibility index (Phi) is 6.58. The molecule has 34 heavy (non-hydrogen) atoms. The van der Waals surface area contributed by atoms with Crippen LogP contribution in [-0.2, 0) is 17.8 Å². The van der Waals surface area contributed by atoms with E-state index in [0.717, 1.165) is 10.1 Å². The number of furan rings is 1. The first-order valence-corrected chi connectivity index (χ1v) is 10.9. The van der Waals surface area contributed by atoms with Gasteiger partial charge in [-0.1, -0.05) is 54.1 Å². The minimum atomic E-state index is -0.785. The van der Waals surface area contributed by atoms with Crippen molar-refractivity contribution in [3.05, 3.63) is 91.3 Å². The molecule has 0 spiro atoms. The number of para-hydroxylation sites is 1. The highest BCUT2D eigenvalue weighted by Crippen LogP contribution is 2.32. The van der Waals surface area contributed by atoms with E-state index in [4.69, 9.17) is 26.5 Å². The number of anilines is 2. The lowest BCUT2D eigenvalue weighted by Gasteiger charge is -2.24. The van der Waals surface area contributed by atoms with Gasteiger partial charge < -0.3 is 14.9 Å². The Balaban J connectivity index is 1.91. The number of methoxy groups -OCH3 is 1. The highest BCUT2D eigenvalue weighted by atomic mass is 35.5. The Morgan fingerprint density at radius 3 is 2.59 bits per heavy atom. The van der Waals surface area contributed by atoms with E-state index < -0.39 is 17.2 Å². The zero-order valence-electron chi connectivity index (χ0n) is 18.6. The zero-order chi connectivity index (χ0) is 24.4. The highest BCUT2D eigenvalue weighted by Gasteiger charge is 2.30. The number of hydrogen-bond acceptors (Lipinski definition) is 6. The Hall–Kier alpha value is -3.82. The molecule has 4 aromatic rings. The SMILES string of the molecule is COCCn1c(N)c(N(Cc2ccccc2)C(=O)c2oc3c(Cl)cccc3c2C)c(=O)[nH]c1=O. The number of aromatic nitrogens is 2. The summed E-state index contributed by atoms with van der Waals surface area (Å²) in [6.07, 6.45) is 0. The van der Waals surface area contributed by atoms with E-state index in [1.807, 2.05) is 30.3 Å². The number of carbonyl (C=O) groups excluding carboxylic acids is 1. The van der Waals surface area contributed by atoms with Gasteiger partial charge in [0.2, 0.25) is 0 Å². The lowest BCUT2D eigenvalue weighted by molar-refractivity contribution is 0.0959. The number of carbonyl (C=O) groups is 1. The number of nitrogen functional groups attached to an aromatic ring is 1. The Labute approximate surface area is 199 Å². The van der Waals surface area contributed by atoms with Crippen LogP contribution in [0.1, 0.15) is 21.7 Å². The maximum absolute atomic E-state index is 13.8. The van der Waals surface area contributed by atoms with Crippen molar-refractivity contribution in [3.8, 4) is 0 Å². The molecule has 0 unspecified atom stereocenters. The molecule has 9 nitrogen and oxygen atoms in total. The second-order valence-corrected chi connectivity index (χ2v) is 8.09. The van der Waals surface area contributed by atoms with Gasteiger partial charge in [-0.25, -0.2) is 4.79 Å². The third-order valence-corrected chi connectivity index (χ3v) is 5.84. The standard InChI is InChI=1S/C24H23ClN4O5/c1-14-16-9-6-10-17(25)20(16)34-19(14)23(31)29(13-15-7-4-3-5-8-15)18-21(26)28(11-12-33-2)24(32)27-22(18)30/h3-10H,11-13,26H2,1-2H3,(H,27,30,32). The van der Waals surface area contributed by atoms with Crippen LogP contribution in [0.3, 0.4) is 0 Å². The average molecular weight is 483 g/mol. The normalized spacial score (nSPS) is 11.1. The Morgan fingerprint density at radius 1 is 1.18 bits per heavy atom. The van der Waals surface area contributed by atoms with Crippen LogP contribution in [0.4, 0.5) is 11.5 Å². The van der Waals surface area contributed by atoms with Crippen LogP contribution < -0.4 is 21.9 Å². The number of amides is 1. The number of aryl methyl sites for hydroxylation is 1. The predicted octanol–water partition coefficient (Wildman–Crippen LogP) is 3.32. The maximum atomic E-state index is 13.8. The van der Waals surface area contributed by atoms with Crippen LogP contribution in [-0.4, -0.2) is 29.2 Å². The van der Waals surface area contributed by atoms with Crippen molar-refractivity contribution in [2.24, 2.45) is 0 Å². The largest absolute Gasteiger partial charge is 0.449 e. The maximum Gasteiger partial charge on any atom is 0.330 e. The van der Waals surface area contributed by atoms with Gasteiger partial charge in [0.1, 0.15) is 5.82 Å². The van der Waals surface area contributed by atoms with Gasteiger partial charge in [-0.2, -0.15) is 0 Å². The van der Waals surface area contributed by atoms with Crippen LogP contribution in [0.15, 0.2) is 62.5 Å². The number of rotatable bonds is 7. The van der Waals surface area contributed by atoms with E-state index in [2.05, 4.69) is 4.98 Å². The molecule has 10 heteroatoms. The number of halogens is 1. The van der Waals surface area contributed by atoms with Crippen LogP contribution >= 0.6 is 11.6 Å². The van der Waals surface area contributed by atoms with Crippen molar-refractivity contribution >= 4 is 40.0 Å². The summed E-state index contributed by atoms with van der Waals surface area (Å²) in [5, 5.41) is 1.04. The number of aromatic amines is 1. The average Bonchev–Trinajstić information content (AvgIpc) is 3.16. The number of fused-ring (bicyclic) bond motifs is 1. The molecule has 176 valence electrons. The molecule has 0 aliphatic rings. The van der Waals surface area contributed by atoms with Crippen molar-refractivity contribution < 1.29 is 13.9 Å². The summed E-state index contributed by atoms with van der Waals surface area (Å²) in [5.41, 5.74) is 6.33. The zero-order valence-corrected chi connectivity index (χ0v) is 19.4. The number of H-pyrrole nitrogens is 1. The van der Waals surface area contributed by atoms with E-state index >= 15 is 0 Å². The number of hydrogen-bond donors (Lipinski definition) is 2. The molecule has 2 aromatic heterocycles. The van der Waals surface area contributed by atoms with E-state index in [-0.39, 0.29) is 37.0 Å². The number of ether oxygens (including phenoxy) is 1. The van der Waals surface area contributed by atoms with Gasteiger partial charge in [-0.15, -0.1) is 0 Å². The molecule has 2 heterocycles. The van der Waals surface area contributed by atoms with Gasteiger partial charge in [-0.05, 0) is 18.6 Å². The van der Waals surface area contributed by atoms with Crippen molar-refractivity contribution in [2.45, 2.75) is 20.0 Å². The minimum Gasteiger partial charge on any atom is -0.449 e. The first-order valence-electron chi connectivity index (χ1n) is 10.5. The minimum absolute atomic E-state index is 0.0135. The molecule has 1 amide bonds. The summed E-state index contributed by atoms with van der Waals surface area (Å²) in [6.45, 7) is 2.03. The predicted molar refractivity (Wildman–Crippen MR) is 131 cm³/mol. The lowest BCUT2D eigenvalue weighted by Crippen LogP contribution is -2.41. The van der Waals surface area contributed by atoms with E-state index in [9.17, 15) is 14.4 Å². The fourth-order valence-electron chi connectivity index (χ4n) is 3.80. The van der Waals surface area contributed by atoms with Crippen molar-refractivity contribution in [1.82, 2.24) is 9.55 Å².